The van der Waals surface area contributed by atoms with Gasteiger partial charge in [0.15, 0.2) is 0 Å². The monoisotopic (exact) mass is 286 g/mol. The molecule has 1 fully saturated rings. The van der Waals surface area contributed by atoms with Crippen LogP contribution < -0.4 is 10.6 Å². The fourth-order valence-electron chi connectivity index (χ4n) is 1.72. The fourth-order valence-corrected chi connectivity index (χ4v) is 2.09. The molecule has 3 nitrogen and oxygen atoms in total. The van der Waals surface area contributed by atoms with Crippen LogP contribution in [0.25, 0.3) is 0 Å². The van der Waals surface area contributed by atoms with Crippen LogP contribution in [0.4, 0.5) is 4.39 Å². The van der Waals surface area contributed by atoms with E-state index in [1.54, 1.807) is 12.1 Å². The van der Waals surface area contributed by atoms with Crippen LogP contribution >= 0.6 is 15.9 Å². The molecule has 1 unspecified atom stereocenters. The molecule has 1 heterocycles. The first-order chi connectivity index (χ1) is 7.68. The van der Waals surface area contributed by atoms with Crippen molar-refractivity contribution in [2.75, 3.05) is 13.1 Å². The Bertz CT molecular complexity index is 405. The Hall–Kier alpha value is -0.940. The van der Waals surface area contributed by atoms with Crippen molar-refractivity contribution >= 4 is 21.8 Å². The first-order valence-electron chi connectivity index (χ1n) is 5.14. The van der Waals surface area contributed by atoms with Crippen molar-refractivity contribution in [3.8, 4) is 0 Å². The number of nitrogens with one attached hydrogen (secondary N) is 2. The normalized spacial score (nSPS) is 19.8. The molecule has 1 aromatic rings. The third kappa shape index (κ3) is 2.41. The first kappa shape index (κ1) is 11.5. The highest BCUT2D eigenvalue weighted by molar-refractivity contribution is 9.10. The van der Waals surface area contributed by atoms with E-state index < -0.39 is 5.82 Å². The second kappa shape index (κ2) is 4.93. The van der Waals surface area contributed by atoms with Crippen molar-refractivity contribution < 1.29 is 9.18 Å². The standard InChI is InChI=1S/C11H12BrFN2O/c12-9-3-1-2-8(10(9)13)11(16)15-7-4-5-14-6-7/h1-3,7,14H,4-6H2,(H,15,16). The predicted octanol–water partition coefficient (Wildman–Crippen LogP) is 1.68. The lowest BCUT2D eigenvalue weighted by molar-refractivity contribution is 0.0936. The van der Waals surface area contributed by atoms with Crippen molar-refractivity contribution in [2.45, 2.75) is 12.5 Å². The summed E-state index contributed by atoms with van der Waals surface area (Å²) in [6.07, 6.45) is 0.890. The van der Waals surface area contributed by atoms with Gasteiger partial charge in [-0.25, -0.2) is 4.39 Å². The molecule has 2 rings (SSSR count). The Kier molecular flexibility index (Phi) is 3.56. The Balaban J connectivity index is 2.11. The minimum absolute atomic E-state index is 0.0845. The molecule has 0 aromatic heterocycles. The molecule has 16 heavy (non-hydrogen) atoms. The summed E-state index contributed by atoms with van der Waals surface area (Å²) in [5.74, 6) is -0.863. The molecule has 86 valence electrons. The van der Waals surface area contributed by atoms with Gasteiger partial charge in [-0.1, -0.05) is 6.07 Å². The fraction of sp³-hybridized carbons (Fsp3) is 0.364. The Morgan fingerprint density at radius 2 is 2.38 bits per heavy atom. The molecule has 0 radical (unpaired) electrons. The molecule has 1 aromatic carbocycles. The highest BCUT2D eigenvalue weighted by Gasteiger charge is 2.20. The molecular weight excluding hydrogens is 275 g/mol. The van der Waals surface area contributed by atoms with Gasteiger partial charge in [0.25, 0.3) is 5.91 Å². The number of carbonyl (C=O) groups is 1. The Morgan fingerprint density at radius 1 is 1.56 bits per heavy atom. The lowest BCUT2D eigenvalue weighted by Crippen LogP contribution is -2.36. The summed E-state index contributed by atoms with van der Waals surface area (Å²) in [6, 6.07) is 4.81. The largest absolute Gasteiger partial charge is 0.348 e. The summed E-state index contributed by atoms with van der Waals surface area (Å²) in [7, 11) is 0. The van der Waals surface area contributed by atoms with Gasteiger partial charge in [0.1, 0.15) is 5.82 Å². The second-order valence-electron chi connectivity index (χ2n) is 3.76. The number of hydrogen-bond donors (Lipinski definition) is 2. The van der Waals surface area contributed by atoms with Crippen molar-refractivity contribution in [3.05, 3.63) is 34.1 Å². The maximum atomic E-state index is 13.6. The van der Waals surface area contributed by atoms with E-state index in [0.29, 0.717) is 4.47 Å². The van der Waals surface area contributed by atoms with Crippen LogP contribution in [0.2, 0.25) is 0 Å². The summed E-state index contributed by atoms with van der Waals surface area (Å²) in [4.78, 5) is 11.8. The van der Waals surface area contributed by atoms with Gasteiger partial charge < -0.3 is 10.6 Å². The summed E-state index contributed by atoms with van der Waals surface area (Å²) in [5.41, 5.74) is 0.0845. The van der Waals surface area contributed by atoms with Crippen LogP contribution in [0.15, 0.2) is 22.7 Å². The van der Waals surface area contributed by atoms with Crippen molar-refractivity contribution in [3.63, 3.8) is 0 Å². The minimum Gasteiger partial charge on any atom is -0.348 e. The van der Waals surface area contributed by atoms with Gasteiger partial charge in [-0.2, -0.15) is 0 Å². The summed E-state index contributed by atoms with van der Waals surface area (Å²) < 4.78 is 13.9. The van der Waals surface area contributed by atoms with Crippen LogP contribution in [0, 0.1) is 5.82 Å². The predicted molar refractivity (Wildman–Crippen MR) is 62.8 cm³/mol. The zero-order valence-electron chi connectivity index (χ0n) is 8.59. The molecule has 1 saturated heterocycles. The number of benzene rings is 1. The van der Waals surface area contributed by atoms with Crippen LogP contribution in [0.1, 0.15) is 16.8 Å². The van der Waals surface area contributed by atoms with Crippen molar-refractivity contribution in [2.24, 2.45) is 0 Å². The third-order valence-corrected chi connectivity index (χ3v) is 3.20. The van der Waals surface area contributed by atoms with Gasteiger partial charge in [-0.05, 0) is 41.0 Å². The molecular formula is C11H12BrFN2O. The number of hydrogen-bond acceptors (Lipinski definition) is 2. The zero-order chi connectivity index (χ0) is 11.5. The van der Waals surface area contributed by atoms with E-state index in [1.807, 2.05) is 0 Å². The number of rotatable bonds is 2. The van der Waals surface area contributed by atoms with Gasteiger partial charge in [0, 0.05) is 12.6 Å². The second-order valence-corrected chi connectivity index (χ2v) is 4.62. The van der Waals surface area contributed by atoms with Gasteiger partial charge in [-0.3, -0.25) is 4.79 Å². The van der Waals surface area contributed by atoms with E-state index in [4.69, 9.17) is 0 Å². The van der Waals surface area contributed by atoms with Crippen LogP contribution in [-0.4, -0.2) is 25.0 Å². The van der Waals surface area contributed by atoms with E-state index in [-0.39, 0.29) is 17.5 Å². The van der Waals surface area contributed by atoms with E-state index >= 15 is 0 Å². The van der Waals surface area contributed by atoms with E-state index in [1.165, 1.54) is 6.07 Å². The molecule has 0 saturated carbocycles. The minimum atomic E-state index is -0.508. The third-order valence-electron chi connectivity index (χ3n) is 2.59. The Morgan fingerprint density at radius 3 is 3.06 bits per heavy atom. The molecule has 0 spiro atoms. The maximum absolute atomic E-state index is 13.6. The summed E-state index contributed by atoms with van der Waals surface area (Å²) in [5, 5.41) is 5.94. The topological polar surface area (TPSA) is 41.1 Å². The molecule has 0 aliphatic carbocycles. The maximum Gasteiger partial charge on any atom is 0.254 e. The van der Waals surface area contributed by atoms with Gasteiger partial charge >= 0.3 is 0 Å². The SMILES string of the molecule is O=C(NC1CCNC1)c1cccc(Br)c1F. The molecule has 5 heteroatoms. The molecule has 1 aliphatic rings. The molecule has 1 atom stereocenters. The average molecular weight is 287 g/mol. The quantitative estimate of drug-likeness (QED) is 0.869. The van der Waals surface area contributed by atoms with Crippen LogP contribution in [-0.2, 0) is 0 Å². The number of halogens is 2. The lowest BCUT2D eigenvalue weighted by Gasteiger charge is -2.11. The van der Waals surface area contributed by atoms with E-state index in [2.05, 4.69) is 26.6 Å². The first-order valence-corrected chi connectivity index (χ1v) is 5.93. The zero-order valence-corrected chi connectivity index (χ0v) is 10.2. The van der Waals surface area contributed by atoms with E-state index in [9.17, 15) is 9.18 Å². The molecule has 0 bridgehead atoms. The smallest absolute Gasteiger partial charge is 0.254 e. The Labute approximate surface area is 102 Å². The van der Waals surface area contributed by atoms with Crippen molar-refractivity contribution in [1.29, 1.82) is 0 Å². The highest BCUT2D eigenvalue weighted by Crippen LogP contribution is 2.18. The van der Waals surface area contributed by atoms with Gasteiger partial charge in [-0.15, -0.1) is 0 Å². The van der Waals surface area contributed by atoms with Gasteiger partial charge in [0.2, 0.25) is 0 Å². The molecule has 2 N–H and O–H groups in total. The average Bonchev–Trinajstić information content (AvgIpc) is 2.74. The summed E-state index contributed by atoms with van der Waals surface area (Å²) >= 11 is 3.06. The molecule has 1 aliphatic heterocycles. The lowest BCUT2D eigenvalue weighted by atomic mass is 10.1. The molecule has 1 amide bonds. The number of carbonyl (C=O) groups excluding carboxylic acids is 1. The van der Waals surface area contributed by atoms with Crippen LogP contribution in [0.5, 0.6) is 0 Å². The highest BCUT2D eigenvalue weighted by atomic mass is 79.9. The van der Waals surface area contributed by atoms with Crippen LogP contribution in [0.3, 0.4) is 0 Å². The number of amides is 1. The summed E-state index contributed by atoms with van der Waals surface area (Å²) in [6.45, 7) is 1.65. The van der Waals surface area contributed by atoms with Crippen molar-refractivity contribution in [1.82, 2.24) is 10.6 Å². The van der Waals surface area contributed by atoms with Gasteiger partial charge in [0.05, 0.1) is 10.0 Å². The van der Waals surface area contributed by atoms with E-state index in [0.717, 1.165) is 19.5 Å².